The topological polar surface area (TPSA) is 49.0 Å². The van der Waals surface area contributed by atoms with Crippen molar-refractivity contribution in [3.63, 3.8) is 0 Å². The second kappa shape index (κ2) is 4.79. The molecular weight excluding hydrogens is 236 g/mol. The van der Waals surface area contributed by atoms with E-state index in [1.807, 2.05) is 29.7 Å². The maximum atomic E-state index is 9.09. The van der Waals surface area contributed by atoms with E-state index in [0.29, 0.717) is 18.0 Å². The maximum Gasteiger partial charge on any atom is 0.110 e. The van der Waals surface area contributed by atoms with Crippen molar-refractivity contribution in [3.8, 4) is 6.07 Å². The highest BCUT2D eigenvalue weighted by Gasteiger charge is 2.13. The molecule has 0 saturated heterocycles. The average Bonchev–Trinajstić information content (AvgIpc) is 2.56. The molecule has 0 aliphatic carbocycles. The lowest BCUT2D eigenvalue weighted by Crippen LogP contribution is -2.04. The lowest BCUT2D eigenvalue weighted by atomic mass is 10.1. The van der Waals surface area contributed by atoms with Gasteiger partial charge in [0.2, 0.25) is 0 Å². The predicted molar refractivity (Wildman–Crippen MR) is 68.1 cm³/mol. The van der Waals surface area contributed by atoms with Crippen LogP contribution in [0, 0.1) is 18.3 Å². The molecule has 3 nitrogen and oxygen atoms in total. The van der Waals surface area contributed by atoms with Crippen LogP contribution in [0.15, 0.2) is 18.2 Å². The molecule has 88 valence electrons. The lowest BCUT2D eigenvalue weighted by Gasteiger charge is -2.05. The summed E-state index contributed by atoms with van der Waals surface area (Å²) >= 11 is 5.98. The van der Waals surface area contributed by atoms with Crippen molar-refractivity contribution >= 4 is 22.5 Å². The number of aliphatic hydroxyl groups is 1. The van der Waals surface area contributed by atoms with Crippen molar-refractivity contribution in [3.05, 3.63) is 34.5 Å². The summed E-state index contributed by atoms with van der Waals surface area (Å²) < 4.78 is 1.94. The van der Waals surface area contributed by atoms with Crippen LogP contribution in [0.3, 0.4) is 0 Å². The number of rotatable bonds is 3. The second-order valence-electron chi connectivity index (χ2n) is 3.95. The summed E-state index contributed by atoms with van der Waals surface area (Å²) in [5.41, 5.74) is 3.09. The van der Waals surface area contributed by atoms with Gasteiger partial charge in [-0.1, -0.05) is 11.6 Å². The van der Waals surface area contributed by atoms with Crippen LogP contribution in [-0.2, 0) is 13.0 Å². The number of aryl methyl sites for hydroxylation is 1. The summed E-state index contributed by atoms with van der Waals surface area (Å²) in [6, 6.07) is 7.79. The first-order valence-corrected chi connectivity index (χ1v) is 5.82. The first-order valence-electron chi connectivity index (χ1n) is 5.44. The maximum absolute atomic E-state index is 9.09. The van der Waals surface area contributed by atoms with E-state index in [-0.39, 0.29) is 6.61 Å². The molecule has 1 aromatic carbocycles. The number of halogens is 1. The monoisotopic (exact) mass is 248 g/mol. The van der Waals surface area contributed by atoms with Gasteiger partial charge in [-0.2, -0.15) is 5.26 Å². The number of aromatic nitrogens is 1. The number of nitrogens with zero attached hydrogens (tertiary/aromatic N) is 2. The Kier molecular flexibility index (Phi) is 3.37. The number of nitriles is 1. The van der Waals surface area contributed by atoms with Gasteiger partial charge in [0.05, 0.1) is 6.07 Å². The average molecular weight is 249 g/mol. The molecule has 0 radical (unpaired) electrons. The zero-order valence-corrected chi connectivity index (χ0v) is 10.3. The zero-order chi connectivity index (χ0) is 12.4. The molecule has 0 fully saturated rings. The van der Waals surface area contributed by atoms with Crippen LogP contribution in [0.5, 0.6) is 0 Å². The summed E-state index contributed by atoms with van der Waals surface area (Å²) in [6.07, 6.45) is 0.555. The van der Waals surface area contributed by atoms with Gasteiger partial charge in [0.25, 0.3) is 0 Å². The molecule has 0 aliphatic heterocycles. The van der Waals surface area contributed by atoms with Crippen molar-refractivity contribution in [2.45, 2.75) is 19.9 Å². The van der Waals surface area contributed by atoms with E-state index in [2.05, 4.69) is 6.07 Å². The Labute approximate surface area is 105 Å². The molecule has 1 aromatic heterocycles. The SMILES string of the molecule is Cc1c(CCO)n(CC#N)c2ccc(Cl)cc12. The van der Waals surface area contributed by atoms with Gasteiger partial charge in [0, 0.05) is 34.6 Å². The first-order chi connectivity index (χ1) is 8.19. The highest BCUT2D eigenvalue weighted by molar-refractivity contribution is 6.31. The van der Waals surface area contributed by atoms with Crippen LogP contribution in [0.25, 0.3) is 10.9 Å². The highest BCUT2D eigenvalue weighted by Crippen LogP contribution is 2.28. The molecule has 4 heteroatoms. The standard InChI is InChI=1S/C13H13ClN2O/c1-9-11-8-10(14)2-3-13(11)16(6-5-15)12(9)4-7-17/h2-3,8,17H,4,6-7H2,1H3. The van der Waals surface area contributed by atoms with Crippen molar-refractivity contribution in [1.29, 1.82) is 5.26 Å². The van der Waals surface area contributed by atoms with E-state index >= 15 is 0 Å². The molecule has 0 unspecified atom stereocenters. The molecule has 1 N–H and O–H groups in total. The zero-order valence-electron chi connectivity index (χ0n) is 9.57. The minimum Gasteiger partial charge on any atom is -0.396 e. The molecule has 1 heterocycles. The third-order valence-electron chi connectivity index (χ3n) is 2.99. The van der Waals surface area contributed by atoms with Gasteiger partial charge >= 0.3 is 0 Å². The number of hydrogen-bond acceptors (Lipinski definition) is 2. The Morgan fingerprint density at radius 2 is 2.24 bits per heavy atom. The minimum atomic E-state index is 0.0797. The Morgan fingerprint density at radius 3 is 2.88 bits per heavy atom. The van der Waals surface area contributed by atoms with Gasteiger partial charge in [-0.15, -0.1) is 0 Å². The molecule has 0 atom stereocenters. The van der Waals surface area contributed by atoms with Crippen molar-refractivity contribution < 1.29 is 5.11 Å². The predicted octanol–water partition coefficient (Wildman–Crippen LogP) is 2.66. The lowest BCUT2D eigenvalue weighted by molar-refractivity contribution is 0.296. The smallest absolute Gasteiger partial charge is 0.110 e. The van der Waals surface area contributed by atoms with E-state index in [1.165, 1.54) is 0 Å². The third kappa shape index (κ3) is 2.02. The number of aliphatic hydroxyl groups excluding tert-OH is 1. The van der Waals surface area contributed by atoms with Crippen LogP contribution in [0.1, 0.15) is 11.3 Å². The molecule has 0 bridgehead atoms. The number of benzene rings is 1. The summed E-state index contributed by atoms with van der Waals surface area (Å²) in [6.45, 7) is 2.37. The summed E-state index contributed by atoms with van der Waals surface area (Å²) in [4.78, 5) is 0. The van der Waals surface area contributed by atoms with Crippen LogP contribution in [0.2, 0.25) is 5.02 Å². The van der Waals surface area contributed by atoms with Gasteiger partial charge < -0.3 is 9.67 Å². The summed E-state index contributed by atoms with van der Waals surface area (Å²) in [7, 11) is 0. The normalized spacial score (nSPS) is 10.7. The van der Waals surface area contributed by atoms with Crippen molar-refractivity contribution in [1.82, 2.24) is 4.57 Å². The summed E-state index contributed by atoms with van der Waals surface area (Å²) in [5, 5.41) is 19.7. The third-order valence-corrected chi connectivity index (χ3v) is 3.22. The van der Waals surface area contributed by atoms with Crippen LogP contribution in [0.4, 0.5) is 0 Å². The minimum absolute atomic E-state index is 0.0797. The fourth-order valence-corrected chi connectivity index (χ4v) is 2.40. The van der Waals surface area contributed by atoms with Gasteiger partial charge in [-0.05, 0) is 30.7 Å². The Morgan fingerprint density at radius 1 is 1.47 bits per heavy atom. The van der Waals surface area contributed by atoms with Gasteiger partial charge in [-0.3, -0.25) is 0 Å². The fourth-order valence-electron chi connectivity index (χ4n) is 2.23. The quantitative estimate of drug-likeness (QED) is 0.908. The number of fused-ring (bicyclic) bond motifs is 1. The van der Waals surface area contributed by atoms with Crippen LogP contribution < -0.4 is 0 Å². The molecule has 0 saturated carbocycles. The molecule has 17 heavy (non-hydrogen) atoms. The van der Waals surface area contributed by atoms with E-state index in [1.54, 1.807) is 0 Å². The number of hydrogen-bond donors (Lipinski definition) is 1. The highest BCUT2D eigenvalue weighted by atomic mass is 35.5. The Hall–Kier alpha value is -1.50. The van der Waals surface area contributed by atoms with Gasteiger partial charge in [0.15, 0.2) is 0 Å². The van der Waals surface area contributed by atoms with E-state index in [4.69, 9.17) is 22.0 Å². The second-order valence-corrected chi connectivity index (χ2v) is 4.39. The van der Waals surface area contributed by atoms with E-state index < -0.39 is 0 Å². The van der Waals surface area contributed by atoms with Gasteiger partial charge in [0.1, 0.15) is 6.54 Å². The Bertz CT molecular complexity index is 595. The molecule has 0 aliphatic rings. The first kappa shape index (κ1) is 12.0. The molecule has 0 spiro atoms. The summed E-state index contributed by atoms with van der Waals surface area (Å²) in [5.74, 6) is 0. The van der Waals surface area contributed by atoms with E-state index in [0.717, 1.165) is 22.2 Å². The molecule has 0 amide bonds. The Balaban J connectivity index is 2.73. The van der Waals surface area contributed by atoms with Gasteiger partial charge in [-0.25, -0.2) is 0 Å². The van der Waals surface area contributed by atoms with Crippen molar-refractivity contribution in [2.75, 3.05) is 6.61 Å². The molecule has 2 aromatic rings. The fraction of sp³-hybridized carbons (Fsp3) is 0.308. The molecular formula is C13H13ClN2O. The largest absolute Gasteiger partial charge is 0.396 e. The van der Waals surface area contributed by atoms with Crippen molar-refractivity contribution in [2.24, 2.45) is 0 Å². The van der Waals surface area contributed by atoms with E-state index in [9.17, 15) is 0 Å². The van der Waals surface area contributed by atoms with Crippen LogP contribution in [-0.4, -0.2) is 16.3 Å². The van der Waals surface area contributed by atoms with Crippen LogP contribution >= 0.6 is 11.6 Å². The molecule has 2 rings (SSSR count).